The average Bonchev–Trinajstić information content (AvgIpc) is 1.62. The van der Waals surface area contributed by atoms with Crippen LogP contribution in [-0.2, 0) is 114 Å². The molecule has 12 N–H and O–H groups in total. The lowest BCUT2D eigenvalue weighted by Gasteiger charge is -2.36. The van der Waals surface area contributed by atoms with Gasteiger partial charge in [0.05, 0.1) is 54.7 Å². The first kappa shape index (κ1) is 96.8. The van der Waals surface area contributed by atoms with Crippen LogP contribution in [0.2, 0.25) is 0 Å². The number of Topliss-reactive ketones (excluding diaryl/α,β-unsaturated/α-hetero) is 2. The molecule has 2 saturated heterocycles. The molecule has 54 heteroatoms. The van der Waals surface area contributed by atoms with E-state index in [2.05, 4.69) is 86.9 Å². The number of ketones is 2. The maximum absolute atomic E-state index is 13.3. The summed E-state index contributed by atoms with van der Waals surface area (Å²) < 4.78 is 122. The first-order valence-electron chi connectivity index (χ1n) is 35.4. The summed E-state index contributed by atoms with van der Waals surface area (Å²) >= 11 is 0. The van der Waals surface area contributed by atoms with Crippen molar-refractivity contribution in [1.82, 2.24) is 60.3 Å². The summed E-state index contributed by atoms with van der Waals surface area (Å²) in [7, 11) is -35.7. The molecule has 2 aliphatic heterocycles. The number of nitrogen functional groups attached to an aromatic ring is 2. The number of phosphoric ester groups is 6. The Morgan fingerprint density at radius 3 is 1.16 bits per heavy atom. The number of carbonyl (C=O) groups is 6. The van der Waals surface area contributed by atoms with E-state index >= 15 is 0 Å². The zero-order chi connectivity index (χ0) is 86.5. The predicted molar refractivity (Wildman–Crippen MR) is 381 cm³/mol. The summed E-state index contributed by atoms with van der Waals surface area (Å²) in [5.74, 6) is -3.74. The molecule has 0 saturated carbocycles. The smallest absolute Gasteiger partial charge is 0.274 e. The van der Waals surface area contributed by atoms with Crippen molar-refractivity contribution < 1.29 is 161 Å². The van der Waals surface area contributed by atoms with Gasteiger partial charge >= 0.3 is 0 Å². The third kappa shape index (κ3) is 28.4. The molecule has 14 atom stereocenters. The fraction of sp³-hybridized carbons (Fsp3) is 0.645. The van der Waals surface area contributed by atoms with Gasteiger partial charge in [-0.05, 0) is 49.7 Å². The van der Waals surface area contributed by atoms with Gasteiger partial charge in [-0.25, -0.2) is 38.5 Å². The molecule has 48 nitrogen and oxygen atoms in total. The average molecular weight is 1760 g/mol. The first-order chi connectivity index (χ1) is 53.6. The minimum absolute atomic E-state index is 0.00946. The van der Waals surface area contributed by atoms with E-state index < -0.39 is 180 Å². The van der Waals surface area contributed by atoms with Crippen molar-refractivity contribution in [2.45, 2.75) is 181 Å². The summed E-state index contributed by atoms with van der Waals surface area (Å²) in [6.45, 7) is 6.38. The minimum atomic E-state index is -6.00. The number of fused-ring (bicyclic) bond motifs is 2. The predicted octanol–water partition coefficient (Wildman–Crippen LogP) is -3.92. The van der Waals surface area contributed by atoms with E-state index in [9.17, 15) is 116 Å². The summed E-state index contributed by atoms with van der Waals surface area (Å²) in [5, 5.41) is 53.2. The van der Waals surface area contributed by atoms with Gasteiger partial charge in [-0.3, -0.25) is 56.2 Å². The Kier molecular flexibility index (Phi) is 33.3. The van der Waals surface area contributed by atoms with E-state index in [0.717, 1.165) is 45.6 Å². The third-order valence-electron chi connectivity index (χ3n) is 18.5. The number of imidazole rings is 2. The van der Waals surface area contributed by atoms with Crippen molar-refractivity contribution in [2.75, 3.05) is 64.1 Å². The molecule has 0 spiro atoms. The van der Waals surface area contributed by atoms with Gasteiger partial charge in [0, 0.05) is 73.5 Å². The Hall–Kier alpha value is -6.36. The van der Waals surface area contributed by atoms with E-state index in [4.69, 9.17) is 20.9 Å². The van der Waals surface area contributed by atoms with Gasteiger partial charge in [-0.2, -0.15) is 0 Å². The Bertz CT molecular complexity index is 4300. The molecule has 2 aliphatic rings. The quantitative estimate of drug-likeness (QED) is 0.0166. The van der Waals surface area contributed by atoms with Crippen LogP contribution in [0.3, 0.4) is 0 Å². The van der Waals surface area contributed by atoms with Crippen LogP contribution >= 0.6 is 46.9 Å². The number of carbonyl (C=O) groups excluding carboxylic acids is 6. The number of aromatic nitrogens is 8. The highest BCUT2D eigenvalue weighted by Gasteiger charge is 2.50. The Morgan fingerprint density at radius 2 is 0.828 bits per heavy atom. The number of phosphoric acid groups is 6. The second-order valence-electron chi connectivity index (χ2n) is 29.6. The number of benzene rings is 1. The highest BCUT2D eigenvalue weighted by Crippen LogP contribution is 2.58. The zero-order valence-corrected chi connectivity index (χ0v) is 68.9. The van der Waals surface area contributed by atoms with Gasteiger partial charge in [0.2, 0.25) is 23.6 Å². The molecule has 0 radical (unpaired) electrons. The number of ether oxygens (including phenoxy) is 2. The van der Waals surface area contributed by atoms with Crippen LogP contribution in [0, 0.1) is 21.7 Å². The van der Waals surface area contributed by atoms with Crippen LogP contribution in [0.25, 0.3) is 22.3 Å². The van der Waals surface area contributed by atoms with Crippen molar-refractivity contribution in [2.24, 2.45) is 21.7 Å². The number of hydrogen-bond acceptors (Lipinski definition) is 42. The molecule has 4 amide bonds. The monoisotopic (exact) mass is 1760 g/mol. The van der Waals surface area contributed by atoms with Gasteiger partial charge in [0.15, 0.2) is 35.4 Å². The zero-order valence-electron chi connectivity index (χ0n) is 63.6. The number of amides is 4. The normalized spacial score (nSPS) is 21.8. The number of aliphatic hydroxyl groups is 4. The highest BCUT2D eigenvalue weighted by molar-refractivity contribution is 7.60. The lowest BCUT2D eigenvalue weighted by Crippen LogP contribution is -2.46. The molecule has 0 bridgehead atoms. The molecular formula is C62H90N14O34P6-8. The van der Waals surface area contributed by atoms with Gasteiger partial charge < -0.3 is 138 Å². The number of hydrogen-bond donors (Lipinski definition) is 10. The van der Waals surface area contributed by atoms with Gasteiger partial charge in [0.1, 0.15) is 84.1 Å². The van der Waals surface area contributed by atoms with Gasteiger partial charge in [0.25, 0.3) is 31.3 Å². The van der Waals surface area contributed by atoms with Crippen molar-refractivity contribution in [3.8, 4) is 0 Å². The van der Waals surface area contributed by atoms with E-state index in [1.807, 2.05) is 24.3 Å². The van der Waals surface area contributed by atoms with Crippen LogP contribution in [0.4, 0.5) is 11.6 Å². The molecule has 0 aliphatic carbocycles. The molecule has 4 aromatic heterocycles. The Morgan fingerprint density at radius 1 is 0.500 bits per heavy atom. The summed E-state index contributed by atoms with van der Waals surface area (Å²) in [5.41, 5.74) is 8.46. The molecule has 7 rings (SSSR count). The van der Waals surface area contributed by atoms with E-state index in [1.54, 1.807) is 27.7 Å². The summed E-state index contributed by atoms with van der Waals surface area (Å²) in [4.78, 5) is 198. The highest BCUT2D eigenvalue weighted by atomic mass is 31.3. The van der Waals surface area contributed by atoms with Crippen LogP contribution < -0.4 is 71.9 Å². The lowest BCUT2D eigenvalue weighted by atomic mass is 9.80. The number of rotatable bonds is 48. The van der Waals surface area contributed by atoms with E-state index in [0.29, 0.717) is 38.5 Å². The molecular weight excluding hydrogens is 1670 g/mol. The van der Waals surface area contributed by atoms with Crippen LogP contribution in [-0.4, -0.2) is 196 Å². The van der Waals surface area contributed by atoms with E-state index in [1.165, 1.54) is 27.7 Å². The number of anilines is 2. The molecule has 1 aromatic carbocycles. The number of aryl methyl sites for hydroxylation is 2. The van der Waals surface area contributed by atoms with E-state index in [-0.39, 0.29) is 97.4 Å². The molecule has 2 fully saturated rings. The Balaban J connectivity index is 0.712. The van der Waals surface area contributed by atoms with Crippen molar-refractivity contribution in [3.05, 3.63) is 60.7 Å². The molecule has 116 heavy (non-hydrogen) atoms. The van der Waals surface area contributed by atoms with Gasteiger partial charge in [-0.15, -0.1) is 0 Å². The standard InChI is InChI=1S/C62H98N14O34P6/c1-59(2,39(77)17-23-65-41(79)19-25-67-55(85)49(83)61(5,6)29-103-115(97,98)109-113(93,94)101-27-37-47(107-111(87,88)89)45(81)57(105-37)75-33-73-43-51(63)69-31-71-53(43)75)21-9-11-35-13-15-36(16-14-35)12-10-22-60(3,4)40(78)18-24-66-42(80)20-26-68-56(86)50(84)62(7,8)30-104-116(99,100)110-114(95,96)102-28-38-48(108-112(90,91)92)46(82)58(106-38)76-34-74-44-52(64)70-32-72-54(44)76/h13-16,31-34,37-38,45-50,57-58,81-84H,9-12,17-30H2,1-8H3,(H,65,79)(H,66,80)(H,67,85)(H,68,86)(H,93,94)(H,95,96)(H,97,98)(H,99,100)(H2,63,69,71)(H2,64,70,72)(H2,87,88,89)(H2,90,91,92)/p-8. The number of nitrogens with one attached hydrogen (secondary N) is 4. The number of nitrogens with zero attached hydrogens (tertiary/aromatic N) is 8. The van der Waals surface area contributed by atoms with Gasteiger partial charge in [-0.1, -0.05) is 79.7 Å². The maximum Gasteiger partial charge on any atom is 0.274 e. The second kappa shape index (κ2) is 39.9. The fourth-order valence-corrected chi connectivity index (χ4v) is 17.2. The topological polar surface area (TPSA) is 750 Å². The number of nitrogens with two attached hydrogens (primary N) is 2. The fourth-order valence-electron chi connectivity index (χ4n) is 11.8. The van der Waals surface area contributed by atoms with Crippen molar-refractivity contribution in [3.63, 3.8) is 0 Å². The van der Waals surface area contributed by atoms with Crippen LogP contribution in [0.1, 0.15) is 130 Å². The first-order valence-corrected chi connectivity index (χ1v) is 44.2. The largest absolute Gasteiger partial charge is 0.790 e. The van der Waals surface area contributed by atoms with Crippen LogP contribution in [0.15, 0.2) is 49.6 Å². The van der Waals surface area contributed by atoms with Crippen LogP contribution in [0.5, 0.6) is 0 Å². The molecule has 5 aromatic rings. The molecule has 14 unspecified atom stereocenters. The maximum atomic E-state index is 13.3. The summed E-state index contributed by atoms with van der Waals surface area (Å²) in [6.07, 6.45) is -12.4. The summed E-state index contributed by atoms with van der Waals surface area (Å²) in [6, 6.07) is 7.92. The van der Waals surface area contributed by atoms with Crippen molar-refractivity contribution >= 4 is 116 Å². The third-order valence-corrected chi connectivity index (χ3v) is 24.5. The molecule has 6 heterocycles. The lowest BCUT2D eigenvalue weighted by molar-refractivity contribution is -0.348. The number of aliphatic hydroxyl groups excluding tert-OH is 4. The second-order valence-corrected chi connectivity index (χ2v) is 37.7. The Labute approximate surface area is 662 Å². The minimum Gasteiger partial charge on any atom is -0.790 e. The van der Waals surface area contributed by atoms with Crippen molar-refractivity contribution in [1.29, 1.82) is 0 Å². The molecule has 650 valence electrons. The SMILES string of the molecule is CC(C)(CCCc1ccc(CCCC(C)(C)C(=O)CCNC(=O)CCNC(=O)C(O)C(C)(C)COP(=O)([O-])OP(=O)([O-])OCC2OC(n3cnc4c(N)ncnc43)C(O)C2OP(=O)([O-])[O-])cc1)C(=O)CCNC(=O)CCNC(=O)C(O)C(C)(C)COP(=O)([O-])OP(=O)([O-])OCC1OC(n2cnc3c(N)ncnc32)C(O)C1OP(=O)([O-])[O-].